The molecule has 1 atom stereocenters. The lowest BCUT2D eigenvalue weighted by atomic mass is 10.2. The smallest absolute Gasteiger partial charge is 0.0773 e. The molecule has 3 heteroatoms. The highest BCUT2D eigenvalue weighted by molar-refractivity contribution is 7.99. The van der Waals surface area contributed by atoms with Gasteiger partial charge in [0.2, 0.25) is 0 Å². The van der Waals surface area contributed by atoms with Crippen LogP contribution in [0.4, 0.5) is 0 Å². The van der Waals surface area contributed by atoms with Gasteiger partial charge in [-0.15, -0.1) is 0 Å². The Morgan fingerprint density at radius 3 is 2.82 bits per heavy atom. The molecule has 0 amide bonds. The number of aliphatic hydroxyl groups excluding tert-OH is 1. The molecule has 11 heavy (non-hydrogen) atoms. The molecule has 0 aliphatic heterocycles. The summed E-state index contributed by atoms with van der Waals surface area (Å²) >= 11 is 1.92. The normalized spacial score (nSPS) is 13.4. The SMILES string of the molecule is CCSCCCC(O)COC. The maximum absolute atomic E-state index is 9.21. The molecule has 0 bridgehead atoms. The van der Waals surface area contributed by atoms with Gasteiger partial charge in [-0.05, 0) is 24.3 Å². The minimum Gasteiger partial charge on any atom is -0.391 e. The summed E-state index contributed by atoms with van der Waals surface area (Å²) in [6, 6.07) is 0. The fraction of sp³-hybridized carbons (Fsp3) is 1.00. The molecule has 0 aromatic rings. The summed E-state index contributed by atoms with van der Waals surface area (Å²) in [5, 5.41) is 9.21. The van der Waals surface area contributed by atoms with Gasteiger partial charge in [0.25, 0.3) is 0 Å². The number of ether oxygens (including phenoxy) is 1. The van der Waals surface area contributed by atoms with Crippen molar-refractivity contribution in [1.29, 1.82) is 0 Å². The Kier molecular flexibility index (Phi) is 8.57. The number of hydrogen-bond donors (Lipinski definition) is 1. The first-order chi connectivity index (χ1) is 5.31. The number of aliphatic hydroxyl groups is 1. The van der Waals surface area contributed by atoms with Gasteiger partial charge < -0.3 is 9.84 Å². The number of thioether (sulfide) groups is 1. The zero-order chi connectivity index (χ0) is 8.53. The van der Waals surface area contributed by atoms with Crippen LogP contribution in [0.5, 0.6) is 0 Å². The molecule has 0 aliphatic rings. The first-order valence-electron chi connectivity index (χ1n) is 4.06. The van der Waals surface area contributed by atoms with Gasteiger partial charge >= 0.3 is 0 Å². The van der Waals surface area contributed by atoms with Crippen LogP contribution < -0.4 is 0 Å². The van der Waals surface area contributed by atoms with Crippen LogP contribution in [-0.4, -0.2) is 36.4 Å². The van der Waals surface area contributed by atoms with Crippen LogP contribution in [0.3, 0.4) is 0 Å². The average Bonchev–Trinajstić information content (AvgIpc) is 1.99. The van der Waals surface area contributed by atoms with E-state index in [0.29, 0.717) is 6.61 Å². The largest absolute Gasteiger partial charge is 0.391 e. The van der Waals surface area contributed by atoms with Crippen LogP contribution >= 0.6 is 11.8 Å². The van der Waals surface area contributed by atoms with Crippen LogP contribution in [0.15, 0.2) is 0 Å². The quantitative estimate of drug-likeness (QED) is 0.599. The molecule has 68 valence electrons. The minimum absolute atomic E-state index is 0.266. The number of hydrogen-bond acceptors (Lipinski definition) is 3. The molecular formula is C8H18O2S. The van der Waals surface area contributed by atoms with E-state index in [4.69, 9.17) is 4.74 Å². The van der Waals surface area contributed by atoms with Gasteiger partial charge in [0.15, 0.2) is 0 Å². The molecule has 0 saturated heterocycles. The Balaban J connectivity index is 2.97. The Hall–Kier alpha value is 0.270. The van der Waals surface area contributed by atoms with E-state index in [1.165, 1.54) is 5.75 Å². The van der Waals surface area contributed by atoms with E-state index < -0.39 is 0 Å². The highest BCUT2D eigenvalue weighted by Gasteiger charge is 2.01. The van der Waals surface area contributed by atoms with Crippen LogP contribution in [0.1, 0.15) is 19.8 Å². The van der Waals surface area contributed by atoms with Crippen LogP contribution in [0, 0.1) is 0 Å². The number of rotatable bonds is 7. The molecule has 0 heterocycles. The third kappa shape index (κ3) is 8.17. The molecule has 0 aromatic heterocycles. The molecule has 0 fully saturated rings. The summed E-state index contributed by atoms with van der Waals surface area (Å²) in [6.07, 6.45) is 1.68. The zero-order valence-corrected chi connectivity index (χ0v) is 8.19. The van der Waals surface area contributed by atoms with Crippen molar-refractivity contribution in [3.63, 3.8) is 0 Å². The van der Waals surface area contributed by atoms with E-state index in [1.54, 1.807) is 7.11 Å². The highest BCUT2D eigenvalue weighted by Crippen LogP contribution is 2.05. The third-order valence-corrected chi connectivity index (χ3v) is 2.37. The van der Waals surface area contributed by atoms with Gasteiger partial charge in [-0.1, -0.05) is 6.92 Å². The predicted octanol–water partition coefficient (Wildman–Crippen LogP) is 1.53. The van der Waals surface area contributed by atoms with Crippen molar-refractivity contribution in [3.8, 4) is 0 Å². The fourth-order valence-corrected chi connectivity index (χ4v) is 1.50. The minimum atomic E-state index is -0.266. The van der Waals surface area contributed by atoms with Crippen LogP contribution in [-0.2, 0) is 4.74 Å². The van der Waals surface area contributed by atoms with Crippen molar-refractivity contribution < 1.29 is 9.84 Å². The van der Waals surface area contributed by atoms with Crippen molar-refractivity contribution in [2.75, 3.05) is 25.2 Å². The summed E-state index contributed by atoms with van der Waals surface area (Å²) in [6.45, 7) is 2.62. The highest BCUT2D eigenvalue weighted by atomic mass is 32.2. The zero-order valence-electron chi connectivity index (χ0n) is 7.38. The van der Waals surface area contributed by atoms with E-state index in [9.17, 15) is 5.11 Å². The first-order valence-corrected chi connectivity index (χ1v) is 5.21. The lowest BCUT2D eigenvalue weighted by molar-refractivity contribution is 0.0591. The fourth-order valence-electron chi connectivity index (χ4n) is 0.841. The van der Waals surface area contributed by atoms with Gasteiger partial charge in [0, 0.05) is 7.11 Å². The van der Waals surface area contributed by atoms with Crippen LogP contribution in [0.2, 0.25) is 0 Å². The van der Waals surface area contributed by atoms with Crippen molar-refractivity contribution in [1.82, 2.24) is 0 Å². The molecule has 0 aliphatic carbocycles. The third-order valence-electron chi connectivity index (χ3n) is 1.39. The maximum Gasteiger partial charge on any atom is 0.0773 e. The van der Waals surface area contributed by atoms with Gasteiger partial charge in [-0.2, -0.15) is 11.8 Å². The summed E-state index contributed by atoms with van der Waals surface area (Å²) in [5.74, 6) is 2.32. The maximum atomic E-state index is 9.21. The second-order valence-corrected chi connectivity index (χ2v) is 3.84. The average molecular weight is 178 g/mol. The molecule has 0 spiro atoms. The summed E-state index contributed by atoms with van der Waals surface area (Å²) in [5.41, 5.74) is 0. The van der Waals surface area contributed by atoms with Crippen molar-refractivity contribution in [2.45, 2.75) is 25.9 Å². The molecule has 0 aromatic carbocycles. The van der Waals surface area contributed by atoms with E-state index in [1.807, 2.05) is 11.8 Å². The molecule has 1 unspecified atom stereocenters. The molecule has 2 nitrogen and oxygen atoms in total. The lowest BCUT2D eigenvalue weighted by Gasteiger charge is -2.07. The molecular weight excluding hydrogens is 160 g/mol. The predicted molar refractivity (Wildman–Crippen MR) is 50.1 cm³/mol. The lowest BCUT2D eigenvalue weighted by Crippen LogP contribution is -2.13. The van der Waals surface area contributed by atoms with Crippen molar-refractivity contribution >= 4 is 11.8 Å². The molecule has 0 rings (SSSR count). The summed E-state index contributed by atoms with van der Waals surface area (Å²) in [7, 11) is 1.62. The summed E-state index contributed by atoms with van der Waals surface area (Å²) < 4.78 is 4.80. The molecule has 0 saturated carbocycles. The van der Waals surface area contributed by atoms with Gasteiger partial charge in [-0.25, -0.2) is 0 Å². The van der Waals surface area contributed by atoms with Crippen LogP contribution in [0.25, 0.3) is 0 Å². The van der Waals surface area contributed by atoms with Gasteiger partial charge in [0.1, 0.15) is 0 Å². The monoisotopic (exact) mass is 178 g/mol. The second kappa shape index (κ2) is 8.37. The Labute approximate surface area is 73.3 Å². The standard InChI is InChI=1S/C8H18O2S/c1-3-11-6-4-5-8(9)7-10-2/h8-9H,3-7H2,1-2H3. The van der Waals surface area contributed by atoms with Gasteiger partial charge in [-0.3, -0.25) is 0 Å². The molecule has 1 N–H and O–H groups in total. The van der Waals surface area contributed by atoms with Crippen molar-refractivity contribution in [2.24, 2.45) is 0 Å². The first kappa shape index (κ1) is 11.3. The van der Waals surface area contributed by atoms with E-state index in [-0.39, 0.29) is 6.10 Å². The van der Waals surface area contributed by atoms with E-state index >= 15 is 0 Å². The Bertz CT molecular complexity index is 78.5. The summed E-state index contributed by atoms with van der Waals surface area (Å²) in [4.78, 5) is 0. The van der Waals surface area contributed by atoms with Gasteiger partial charge in [0.05, 0.1) is 12.7 Å². The molecule has 0 radical (unpaired) electrons. The Morgan fingerprint density at radius 1 is 1.55 bits per heavy atom. The second-order valence-electron chi connectivity index (χ2n) is 2.45. The van der Waals surface area contributed by atoms with E-state index in [0.717, 1.165) is 18.6 Å². The van der Waals surface area contributed by atoms with E-state index in [2.05, 4.69) is 6.92 Å². The van der Waals surface area contributed by atoms with Crippen molar-refractivity contribution in [3.05, 3.63) is 0 Å². The topological polar surface area (TPSA) is 29.5 Å². The number of methoxy groups -OCH3 is 1. The Morgan fingerprint density at radius 2 is 2.27 bits per heavy atom.